The first-order chi connectivity index (χ1) is 9.78. The number of carbonyl (C=O) groups excluding carboxylic acids is 1. The first-order valence-electron chi connectivity index (χ1n) is 6.82. The van der Waals surface area contributed by atoms with Gasteiger partial charge in [-0.05, 0) is 38.8 Å². The number of hydrogen-bond donors (Lipinski definition) is 1. The zero-order chi connectivity index (χ0) is 15.6. The second-order valence-electron chi connectivity index (χ2n) is 5.92. The number of aromatic nitrogens is 1. The molecule has 0 amide bonds. The van der Waals surface area contributed by atoms with Crippen LogP contribution in [0.15, 0.2) is 30.5 Å². The van der Waals surface area contributed by atoms with E-state index in [4.69, 9.17) is 9.84 Å². The van der Waals surface area contributed by atoms with E-state index in [-0.39, 0.29) is 6.42 Å². The molecule has 5 nitrogen and oxygen atoms in total. The van der Waals surface area contributed by atoms with Crippen LogP contribution < -0.4 is 0 Å². The van der Waals surface area contributed by atoms with Crippen LogP contribution in [0.2, 0.25) is 0 Å². The van der Waals surface area contributed by atoms with Crippen LogP contribution in [0.1, 0.15) is 32.8 Å². The number of carboxylic acids is 1. The van der Waals surface area contributed by atoms with E-state index in [1.54, 1.807) is 6.20 Å². The summed E-state index contributed by atoms with van der Waals surface area (Å²) in [5.41, 5.74) is 0.981. The van der Waals surface area contributed by atoms with Gasteiger partial charge in [0, 0.05) is 18.0 Å². The van der Waals surface area contributed by atoms with Gasteiger partial charge in [-0.2, -0.15) is 0 Å². The van der Waals surface area contributed by atoms with Gasteiger partial charge in [-0.25, -0.2) is 4.79 Å². The van der Waals surface area contributed by atoms with E-state index < -0.39 is 17.7 Å². The second-order valence-corrected chi connectivity index (χ2v) is 5.92. The van der Waals surface area contributed by atoms with Gasteiger partial charge in [0.1, 0.15) is 5.60 Å². The Morgan fingerprint density at radius 3 is 2.52 bits per heavy atom. The largest absolute Gasteiger partial charge is 0.481 e. The fourth-order valence-electron chi connectivity index (χ4n) is 2.15. The van der Waals surface area contributed by atoms with Gasteiger partial charge in [0.05, 0.1) is 5.52 Å². The first-order valence-corrected chi connectivity index (χ1v) is 6.82. The zero-order valence-corrected chi connectivity index (χ0v) is 12.4. The molecular weight excluding hydrogens is 270 g/mol. The monoisotopic (exact) mass is 289 g/mol. The lowest BCUT2D eigenvalue weighted by atomic mass is 10.1. The lowest BCUT2D eigenvalue weighted by Gasteiger charge is -2.19. The standard InChI is InChI=1S/C16H19NO4/c1-16(2,3)21-15(20)17-10-11(8-9-14(18)19)12-6-4-5-7-13(12)17/h4-7,10H,8-9H2,1-3H3,(H,18,19). The van der Waals surface area contributed by atoms with Gasteiger partial charge in [0.2, 0.25) is 0 Å². The molecular formula is C16H19NO4. The zero-order valence-electron chi connectivity index (χ0n) is 12.4. The summed E-state index contributed by atoms with van der Waals surface area (Å²) in [4.78, 5) is 23.0. The van der Waals surface area contributed by atoms with E-state index in [1.165, 1.54) is 4.57 Å². The van der Waals surface area contributed by atoms with Gasteiger partial charge in [0.25, 0.3) is 0 Å². The normalized spacial score (nSPS) is 11.6. The maximum Gasteiger partial charge on any atom is 0.419 e. The number of carboxylic acid groups (broad SMARTS) is 1. The highest BCUT2D eigenvalue weighted by molar-refractivity contribution is 5.92. The molecule has 2 rings (SSSR count). The van der Waals surface area contributed by atoms with E-state index >= 15 is 0 Å². The smallest absolute Gasteiger partial charge is 0.419 e. The number of hydrogen-bond acceptors (Lipinski definition) is 3. The van der Waals surface area contributed by atoms with Crippen molar-refractivity contribution < 1.29 is 19.4 Å². The number of aryl methyl sites for hydroxylation is 1. The molecule has 0 atom stereocenters. The maximum absolute atomic E-state index is 12.3. The van der Waals surface area contributed by atoms with Crippen molar-refractivity contribution in [3.8, 4) is 0 Å². The number of nitrogens with zero attached hydrogens (tertiary/aromatic N) is 1. The van der Waals surface area contributed by atoms with Crippen LogP contribution in [0.25, 0.3) is 10.9 Å². The molecule has 0 saturated carbocycles. The summed E-state index contributed by atoms with van der Waals surface area (Å²) in [5, 5.41) is 9.70. The fourth-order valence-corrected chi connectivity index (χ4v) is 2.15. The summed E-state index contributed by atoms with van der Waals surface area (Å²) in [6, 6.07) is 7.41. The number of rotatable bonds is 3. The quantitative estimate of drug-likeness (QED) is 0.939. The number of ether oxygens (including phenoxy) is 1. The van der Waals surface area contributed by atoms with Crippen molar-refractivity contribution >= 4 is 23.0 Å². The third-order valence-electron chi connectivity index (χ3n) is 2.99. The molecule has 0 radical (unpaired) electrons. The lowest BCUT2D eigenvalue weighted by molar-refractivity contribution is -0.136. The maximum atomic E-state index is 12.3. The Morgan fingerprint density at radius 2 is 1.90 bits per heavy atom. The Kier molecular flexibility index (Phi) is 4.02. The molecule has 1 aromatic carbocycles. The molecule has 112 valence electrons. The Hall–Kier alpha value is -2.30. The summed E-state index contributed by atoms with van der Waals surface area (Å²) in [5.74, 6) is -0.857. The van der Waals surface area contributed by atoms with E-state index in [2.05, 4.69) is 0 Å². The molecule has 2 aromatic rings. The van der Waals surface area contributed by atoms with Crippen molar-refractivity contribution in [2.75, 3.05) is 0 Å². The van der Waals surface area contributed by atoms with Crippen molar-refractivity contribution in [3.63, 3.8) is 0 Å². The summed E-state index contributed by atoms with van der Waals surface area (Å²) in [6.45, 7) is 5.42. The minimum atomic E-state index is -0.857. The predicted octanol–water partition coefficient (Wildman–Crippen LogP) is 3.44. The second kappa shape index (κ2) is 5.60. The summed E-state index contributed by atoms with van der Waals surface area (Å²) in [7, 11) is 0. The van der Waals surface area contributed by atoms with Crippen LogP contribution in [0.5, 0.6) is 0 Å². The van der Waals surface area contributed by atoms with Crippen molar-refractivity contribution in [2.24, 2.45) is 0 Å². The summed E-state index contributed by atoms with van der Waals surface area (Å²) < 4.78 is 6.82. The highest BCUT2D eigenvalue weighted by Crippen LogP contribution is 2.23. The Labute approximate surface area is 123 Å². The molecule has 1 heterocycles. The Balaban J connectivity index is 2.40. The molecule has 0 bridgehead atoms. The van der Waals surface area contributed by atoms with Crippen molar-refractivity contribution in [3.05, 3.63) is 36.0 Å². The van der Waals surface area contributed by atoms with Crippen LogP contribution in [0, 0.1) is 0 Å². The first kappa shape index (κ1) is 15.1. The van der Waals surface area contributed by atoms with Crippen LogP contribution in [0.3, 0.4) is 0 Å². The van der Waals surface area contributed by atoms with Crippen LogP contribution in [0.4, 0.5) is 4.79 Å². The highest BCUT2D eigenvalue weighted by Gasteiger charge is 2.20. The van der Waals surface area contributed by atoms with Crippen LogP contribution >= 0.6 is 0 Å². The molecule has 21 heavy (non-hydrogen) atoms. The Bertz CT molecular complexity index is 679. The van der Waals surface area contributed by atoms with Gasteiger partial charge in [-0.3, -0.25) is 9.36 Å². The van der Waals surface area contributed by atoms with Gasteiger partial charge in [0.15, 0.2) is 0 Å². The molecule has 1 N–H and O–H groups in total. The topological polar surface area (TPSA) is 68.5 Å². The minimum Gasteiger partial charge on any atom is -0.481 e. The van der Waals surface area contributed by atoms with Gasteiger partial charge in [-0.15, -0.1) is 0 Å². The number of aliphatic carboxylic acids is 1. The molecule has 5 heteroatoms. The number of carbonyl (C=O) groups is 2. The molecule has 0 unspecified atom stereocenters. The fraction of sp³-hybridized carbons (Fsp3) is 0.375. The van der Waals surface area contributed by atoms with Gasteiger partial charge in [-0.1, -0.05) is 18.2 Å². The predicted molar refractivity (Wildman–Crippen MR) is 79.5 cm³/mol. The van der Waals surface area contributed by atoms with Crippen molar-refractivity contribution in [2.45, 2.75) is 39.2 Å². The third kappa shape index (κ3) is 3.62. The van der Waals surface area contributed by atoms with Gasteiger partial charge < -0.3 is 9.84 Å². The molecule has 0 aliphatic heterocycles. The number of fused-ring (bicyclic) bond motifs is 1. The molecule has 0 saturated heterocycles. The van der Waals surface area contributed by atoms with Crippen LogP contribution in [-0.4, -0.2) is 27.3 Å². The minimum absolute atomic E-state index is 0.0301. The molecule has 0 fully saturated rings. The Morgan fingerprint density at radius 1 is 1.24 bits per heavy atom. The molecule has 0 aliphatic rings. The van der Waals surface area contributed by atoms with Crippen molar-refractivity contribution in [1.29, 1.82) is 0 Å². The van der Waals surface area contributed by atoms with E-state index in [0.717, 1.165) is 16.5 Å². The molecule has 0 aliphatic carbocycles. The third-order valence-corrected chi connectivity index (χ3v) is 2.99. The number of benzene rings is 1. The summed E-state index contributed by atoms with van der Waals surface area (Å²) in [6.07, 6.45) is 1.62. The van der Waals surface area contributed by atoms with E-state index in [1.807, 2.05) is 45.0 Å². The lowest BCUT2D eigenvalue weighted by Crippen LogP contribution is -2.26. The molecule has 1 aromatic heterocycles. The van der Waals surface area contributed by atoms with E-state index in [9.17, 15) is 9.59 Å². The molecule has 0 spiro atoms. The highest BCUT2D eigenvalue weighted by atomic mass is 16.6. The van der Waals surface area contributed by atoms with Gasteiger partial charge >= 0.3 is 12.1 Å². The average molecular weight is 289 g/mol. The van der Waals surface area contributed by atoms with Crippen LogP contribution in [-0.2, 0) is 16.0 Å². The van der Waals surface area contributed by atoms with Crippen molar-refractivity contribution in [1.82, 2.24) is 4.57 Å². The van der Waals surface area contributed by atoms with E-state index in [0.29, 0.717) is 6.42 Å². The SMILES string of the molecule is CC(C)(C)OC(=O)n1cc(CCC(=O)O)c2ccccc21. The number of para-hydroxylation sites is 1. The average Bonchev–Trinajstić information content (AvgIpc) is 2.73. The summed E-state index contributed by atoms with van der Waals surface area (Å²) >= 11 is 0.